The molecule has 1 heterocycles. The van der Waals surface area contributed by atoms with Gasteiger partial charge < -0.3 is 10.6 Å². The van der Waals surface area contributed by atoms with Crippen LogP contribution in [0.25, 0.3) is 0 Å². The number of carbonyl (C=O) groups excluding carboxylic acids is 1. The molecule has 0 aliphatic rings. The maximum absolute atomic E-state index is 12.1. The number of rotatable bonds is 5. The lowest BCUT2D eigenvalue weighted by Gasteiger charge is -2.08. The van der Waals surface area contributed by atoms with Crippen LogP contribution in [-0.2, 0) is 0 Å². The first kappa shape index (κ1) is 14.1. The van der Waals surface area contributed by atoms with Crippen molar-refractivity contribution in [2.24, 2.45) is 0 Å². The monoisotopic (exact) mass is 269 g/mol. The SMILES string of the molecule is CCCNc1cncc(C(=O)Nc2ccc(C)cc2)c1. The van der Waals surface area contributed by atoms with E-state index in [0.717, 1.165) is 29.9 Å². The van der Waals surface area contributed by atoms with E-state index < -0.39 is 0 Å². The molecule has 1 aromatic heterocycles. The Bertz CT molecular complexity index is 579. The largest absolute Gasteiger partial charge is 0.384 e. The highest BCUT2D eigenvalue weighted by atomic mass is 16.1. The third kappa shape index (κ3) is 3.82. The molecule has 1 amide bonds. The summed E-state index contributed by atoms with van der Waals surface area (Å²) in [5.74, 6) is -0.151. The molecule has 0 saturated heterocycles. The van der Waals surface area contributed by atoms with Crippen LogP contribution in [0.1, 0.15) is 29.3 Å². The second-order valence-electron chi connectivity index (χ2n) is 4.71. The Balaban J connectivity index is 2.06. The molecule has 0 saturated carbocycles. The number of amides is 1. The van der Waals surface area contributed by atoms with Gasteiger partial charge in [0.2, 0.25) is 0 Å². The Kier molecular flexibility index (Phi) is 4.71. The van der Waals surface area contributed by atoms with Crippen LogP contribution in [0.4, 0.5) is 11.4 Å². The molecule has 0 aliphatic carbocycles. The fraction of sp³-hybridized carbons (Fsp3) is 0.250. The van der Waals surface area contributed by atoms with Crippen molar-refractivity contribution in [2.75, 3.05) is 17.2 Å². The highest BCUT2D eigenvalue weighted by Crippen LogP contribution is 2.13. The molecular weight excluding hydrogens is 250 g/mol. The van der Waals surface area contributed by atoms with E-state index >= 15 is 0 Å². The van der Waals surface area contributed by atoms with Gasteiger partial charge in [0.1, 0.15) is 0 Å². The van der Waals surface area contributed by atoms with Crippen molar-refractivity contribution in [1.29, 1.82) is 0 Å². The molecular formula is C16H19N3O. The lowest BCUT2D eigenvalue weighted by Crippen LogP contribution is -2.13. The number of nitrogens with zero attached hydrogens (tertiary/aromatic N) is 1. The summed E-state index contributed by atoms with van der Waals surface area (Å²) in [5.41, 5.74) is 3.36. The van der Waals surface area contributed by atoms with Crippen LogP contribution in [-0.4, -0.2) is 17.4 Å². The Hall–Kier alpha value is -2.36. The first-order chi connectivity index (χ1) is 9.69. The van der Waals surface area contributed by atoms with Crippen LogP contribution in [0, 0.1) is 6.92 Å². The van der Waals surface area contributed by atoms with Crippen molar-refractivity contribution in [2.45, 2.75) is 20.3 Å². The molecule has 0 atom stereocenters. The molecule has 104 valence electrons. The average molecular weight is 269 g/mol. The Labute approximate surface area is 119 Å². The topological polar surface area (TPSA) is 54.0 Å². The third-order valence-corrected chi connectivity index (χ3v) is 2.89. The Morgan fingerprint density at radius 3 is 2.60 bits per heavy atom. The van der Waals surface area contributed by atoms with Crippen LogP contribution < -0.4 is 10.6 Å². The van der Waals surface area contributed by atoms with Crippen molar-refractivity contribution in [3.05, 3.63) is 53.9 Å². The van der Waals surface area contributed by atoms with Gasteiger partial charge in [0.25, 0.3) is 5.91 Å². The second-order valence-corrected chi connectivity index (χ2v) is 4.71. The van der Waals surface area contributed by atoms with Crippen LogP contribution in [0.15, 0.2) is 42.7 Å². The first-order valence-corrected chi connectivity index (χ1v) is 6.76. The molecule has 0 aliphatic heterocycles. The van der Waals surface area contributed by atoms with Crippen molar-refractivity contribution in [3.8, 4) is 0 Å². The van der Waals surface area contributed by atoms with E-state index in [4.69, 9.17) is 0 Å². The number of benzene rings is 1. The molecule has 4 nitrogen and oxygen atoms in total. The normalized spacial score (nSPS) is 10.1. The summed E-state index contributed by atoms with van der Waals surface area (Å²) in [7, 11) is 0. The number of hydrogen-bond acceptors (Lipinski definition) is 3. The summed E-state index contributed by atoms with van der Waals surface area (Å²) in [6, 6.07) is 9.52. The van der Waals surface area contributed by atoms with Gasteiger partial charge in [0.05, 0.1) is 11.3 Å². The zero-order chi connectivity index (χ0) is 14.4. The van der Waals surface area contributed by atoms with Crippen molar-refractivity contribution >= 4 is 17.3 Å². The van der Waals surface area contributed by atoms with E-state index in [-0.39, 0.29) is 5.91 Å². The zero-order valence-electron chi connectivity index (χ0n) is 11.8. The minimum atomic E-state index is -0.151. The maximum atomic E-state index is 12.1. The molecule has 2 rings (SSSR count). The van der Waals surface area contributed by atoms with Gasteiger partial charge in [-0.15, -0.1) is 0 Å². The molecule has 2 N–H and O–H groups in total. The average Bonchev–Trinajstić information content (AvgIpc) is 2.48. The number of aromatic nitrogens is 1. The number of carbonyl (C=O) groups is 1. The van der Waals surface area contributed by atoms with Gasteiger partial charge >= 0.3 is 0 Å². The molecule has 2 aromatic rings. The van der Waals surface area contributed by atoms with E-state index in [9.17, 15) is 4.79 Å². The third-order valence-electron chi connectivity index (χ3n) is 2.89. The standard InChI is InChI=1S/C16H19N3O/c1-3-8-18-15-9-13(10-17-11-15)16(20)19-14-6-4-12(2)5-7-14/h4-7,9-11,18H,3,8H2,1-2H3,(H,19,20). The van der Waals surface area contributed by atoms with E-state index in [1.807, 2.05) is 37.3 Å². The van der Waals surface area contributed by atoms with Gasteiger partial charge in [-0.05, 0) is 31.5 Å². The quantitative estimate of drug-likeness (QED) is 0.874. The Morgan fingerprint density at radius 1 is 1.15 bits per heavy atom. The van der Waals surface area contributed by atoms with Crippen LogP contribution in [0.2, 0.25) is 0 Å². The fourth-order valence-electron chi connectivity index (χ4n) is 1.77. The number of pyridine rings is 1. The van der Waals surface area contributed by atoms with Crippen LogP contribution in [0.3, 0.4) is 0 Å². The summed E-state index contributed by atoms with van der Waals surface area (Å²) in [5, 5.41) is 6.08. The lowest BCUT2D eigenvalue weighted by molar-refractivity contribution is 0.102. The molecule has 4 heteroatoms. The minimum Gasteiger partial charge on any atom is -0.384 e. The highest BCUT2D eigenvalue weighted by Gasteiger charge is 2.07. The lowest BCUT2D eigenvalue weighted by atomic mass is 10.2. The van der Waals surface area contributed by atoms with Crippen LogP contribution >= 0.6 is 0 Å². The number of nitrogens with one attached hydrogen (secondary N) is 2. The summed E-state index contributed by atoms with van der Waals surface area (Å²) in [6.07, 6.45) is 4.32. The summed E-state index contributed by atoms with van der Waals surface area (Å²) >= 11 is 0. The first-order valence-electron chi connectivity index (χ1n) is 6.76. The second kappa shape index (κ2) is 6.70. The smallest absolute Gasteiger partial charge is 0.257 e. The molecule has 0 fully saturated rings. The van der Waals surface area contributed by atoms with Gasteiger partial charge in [0.15, 0.2) is 0 Å². The molecule has 20 heavy (non-hydrogen) atoms. The fourth-order valence-corrected chi connectivity index (χ4v) is 1.77. The zero-order valence-corrected chi connectivity index (χ0v) is 11.8. The van der Waals surface area contributed by atoms with Gasteiger partial charge in [-0.25, -0.2) is 0 Å². The minimum absolute atomic E-state index is 0.151. The van der Waals surface area contributed by atoms with Gasteiger partial charge in [-0.3, -0.25) is 9.78 Å². The predicted molar refractivity (Wildman–Crippen MR) is 82.1 cm³/mol. The summed E-state index contributed by atoms with van der Waals surface area (Å²) in [4.78, 5) is 16.2. The van der Waals surface area contributed by atoms with Crippen molar-refractivity contribution < 1.29 is 4.79 Å². The number of aryl methyl sites for hydroxylation is 1. The van der Waals surface area contributed by atoms with E-state index in [1.54, 1.807) is 12.4 Å². The molecule has 0 unspecified atom stereocenters. The summed E-state index contributed by atoms with van der Waals surface area (Å²) < 4.78 is 0. The Morgan fingerprint density at radius 2 is 1.90 bits per heavy atom. The molecule has 0 radical (unpaired) electrons. The number of hydrogen-bond donors (Lipinski definition) is 2. The highest BCUT2D eigenvalue weighted by molar-refractivity contribution is 6.04. The number of anilines is 2. The van der Waals surface area contributed by atoms with Crippen LogP contribution in [0.5, 0.6) is 0 Å². The van der Waals surface area contributed by atoms with E-state index in [0.29, 0.717) is 5.56 Å². The van der Waals surface area contributed by atoms with Gasteiger partial charge in [-0.1, -0.05) is 24.6 Å². The van der Waals surface area contributed by atoms with Crippen molar-refractivity contribution in [1.82, 2.24) is 4.98 Å². The van der Waals surface area contributed by atoms with Crippen molar-refractivity contribution in [3.63, 3.8) is 0 Å². The summed E-state index contributed by atoms with van der Waals surface area (Å²) in [6.45, 7) is 4.97. The molecule has 0 bridgehead atoms. The maximum Gasteiger partial charge on any atom is 0.257 e. The van der Waals surface area contributed by atoms with E-state index in [2.05, 4.69) is 22.5 Å². The van der Waals surface area contributed by atoms with E-state index in [1.165, 1.54) is 0 Å². The van der Waals surface area contributed by atoms with Gasteiger partial charge in [0, 0.05) is 24.6 Å². The molecule has 1 aromatic carbocycles. The van der Waals surface area contributed by atoms with Gasteiger partial charge in [-0.2, -0.15) is 0 Å². The molecule has 0 spiro atoms. The predicted octanol–water partition coefficient (Wildman–Crippen LogP) is 3.46.